The van der Waals surface area contributed by atoms with E-state index in [-0.39, 0.29) is 18.9 Å². The molecule has 0 aliphatic carbocycles. The summed E-state index contributed by atoms with van der Waals surface area (Å²) in [6.45, 7) is -2.21. The number of aliphatic hydroxyl groups excluding tert-OH is 14. The molecule has 34 heavy (non-hydrogen) atoms. The van der Waals surface area contributed by atoms with E-state index in [2.05, 4.69) is 0 Å². The molecule has 204 valence electrons. The number of carbonyl (C=O) groups excluding carboxylic acids is 3. The Morgan fingerprint density at radius 2 is 0.588 bits per heavy atom. The van der Waals surface area contributed by atoms with Crippen LogP contribution in [0.5, 0.6) is 0 Å². The molecule has 0 bridgehead atoms. The summed E-state index contributed by atoms with van der Waals surface area (Å²) in [5.74, 6) is 0. The minimum atomic E-state index is -1.79. The molecule has 0 amide bonds. The van der Waals surface area contributed by atoms with Gasteiger partial charge in [0.15, 0.2) is 18.9 Å². The maximum absolute atomic E-state index is 9.90. The van der Waals surface area contributed by atoms with Crippen molar-refractivity contribution in [2.24, 2.45) is 0 Å². The van der Waals surface area contributed by atoms with Gasteiger partial charge in [-0.25, -0.2) is 0 Å². The maximum Gasteiger partial charge on any atom is 0.151 e. The van der Waals surface area contributed by atoms with Crippen LogP contribution >= 0.6 is 0 Å². The minimum Gasteiger partial charge on any atom is -0.394 e. The predicted molar refractivity (Wildman–Crippen MR) is 106 cm³/mol. The van der Waals surface area contributed by atoms with Crippen LogP contribution in [-0.2, 0) is 14.4 Å². The van der Waals surface area contributed by atoms with Crippen LogP contribution in [0.25, 0.3) is 0 Å². The molecular formula is C17H34O17. The number of rotatable bonds is 14. The van der Waals surface area contributed by atoms with E-state index in [9.17, 15) is 14.4 Å². The van der Waals surface area contributed by atoms with Crippen molar-refractivity contribution in [1.82, 2.24) is 0 Å². The lowest BCUT2D eigenvalue weighted by Crippen LogP contribution is -2.46. The number of hydrogen-bond acceptors (Lipinski definition) is 17. The van der Waals surface area contributed by atoms with Crippen LogP contribution in [0.3, 0.4) is 0 Å². The quantitative estimate of drug-likeness (QED) is 0.0964. The normalized spacial score (nSPS) is 20.6. The average molecular weight is 510 g/mol. The summed E-state index contributed by atoms with van der Waals surface area (Å²) in [6, 6.07) is 0. The van der Waals surface area contributed by atoms with Crippen molar-refractivity contribution in [3.63, 3.8) is 0 Å². The van der Waals surface area contributed by atoms with E-state index in [1.807, 2.05) is 0 Å². The number of hydrogen-bond donors (Lipinski definition) is 14. The Kier molecular flexibility index (Phi) is 22.6. The number of carbonyl (C=O) groups is 3. The van der Waals surface area contributed by atoms with Gasteiger partial charge in [0.25, 0.3) is 0 Å². The van der Waals surface area contributed by atoms with Gasteiger partial charge in [-0.2, -0.15) is 0 Å². The van der Waals surface area contributed by atoms with Gasteiger partial charge in [0.2, 0.25) is 0 Å². The van der Waals surface area contributed by atoms with Gasteiger partial charge in [0.1, 0.15) is 67.1 Å². The van der Waals surface area contributed by atoms with Gasteiger partial charge in [0.05, 0.1) is 19.8 Å². The first-order chi connectivity index (χ1) is 15.7. The van der Waals surface area contributed by atoms with Gasteiger partial charge in [-0.3, -0.25) is 0 Å². The minimum absolute atomic E-state index is 0.0258. The smallest absolute Gasteiger partial charge is 0.151 e. The van der Waals surface area contributed by atoms with E-state index in [1.54, 1.807) is 0 Å². The summed E-state index contributed by atoms with van der Waals surface area (Å²) < 4.78 is 0. The molecule has 17 nitrogen and oxygen atoms in total. The zero-order valence-corrected chi connectivity index (χ0v) is 17.7. The van der Waals surface area contributed by atoms with Gasteiger partial charge in [-0.15, -0.1) is 0 Å². The molecule has 0 aromatic rings. The monoisotopic (exact) mass is 510 g/mol. The van der Waals surface area contributed by atoms with Crippen molar-refractivity contribution in [2.45, 2.75) is 67.1 Å². The molecule has 0 rings (SSSR count). The molecule has 0 radical (unpaired) electrons. The standard InChI is InChI=1S/2C6H12O6.C5H10O5/c2*7-1-3(9)5(11)6(12)4(10)2-8;6-1-3(8)5(10)4(9)2-7/h2*1,3-6,8-12H,2H2;1,3-5,7-10H,2H2/t2*3-,4+,5+,6-;3-,4+,5+/m000/s1. The van der Waals surface area contributed by atoms with E-state index in [1.165, 1.54) is 0 Å². The lowest BCUT2D eigenvalue weighted by atomic mass is 10.0. The van der Waals surface area contributed by atoms with Crippen LogP contribution in [0.15, 0.2) is 0 Å². The van der Waals surface area contributed by atoms with Crippen LogP contribution in [0.1, 0.15) is 0 Å². The lowest BCUT2D eigenvalue weighted by molar-refractivity contribution is -0.136. The Labute approximate surface area is 192 Å². The Bertz CT molecular complexity index is 490. The van der Waals surface area contributed by atoms with Gasteiger partial charge in [0, 0.05) is 0 Å². The molecule has 0 fully saturated rings. The maximum atomic E-state index is 9.90. The van der Waals surface area contributed by atoms with Crippen molar-refractivity contribution in [3.05, 3.63) is 0 Å². The largest absolute Gasteiger partial charge is 0.394 e. The molecule has 0 heterocycles. The molecule has 0 saturated carbocycles. The van der Waals surface area contributed by atoms with E-state index in [4.69, 9.17) is 71.5 Å². The van der Waals surface area contributed by atoms with Crippen LogP contribution in [0.4, 0.5) is 0 Å². The van der Waals surface area contributed by atoms with Gasteiger partial charge in [-0.1, -0.05) is 0 Å². The summed E-state index contributed by atoms with van der Waals surface area (Å²) >= 11 is 0. The third-order valence-corrected chi connectivity index (χ3v) is 3.91. The molecule has 0 spiro atoms. The van der Waals surface area contributed by atoms with Crippen LogP contribution in [-0.4, -0.2) is 177 Å². The van der Waals surface area contributed by atoms with Crippen LogP contribution in [0, 0.1) is 0 Å². The fraction of sp³-hybridized carbons (Fsp3) is 0.824. The van der Waals surface area contributed by atoms with Crippen LogP contribution in [0.2, 0.25) is 0 Å². The summed E-state index contributed by atoms with van der Waals surface area (Å²) in [5.41, 5.74) is 0. The molecule has 0 aliphatic rings. The van der Waals surface area contributed by atoms with Crippen LogP contribution < -0.4 is 0 Å². The SMILES string of the molecule is O=C[C@H](O)[C@@H](O)[C@@H](O)[C@H](O)CO.O=C[C@H](O)[C@@H](O)[C@@H](O)[C@H](O)CO.O=C[C@H](O)[C@@H](O)[C@H](O)CO. The molecule has 17 heteroatoms. The first-order valence-corrected chi connectivity index (χ1v) is 9.39. The first kappa shape index (κ1) is 37.0. The Hall–Kier alpha value is -1.55. The topological polar surface area (TPSA) is 334 Å². The average Bonchev–Trinajstić information content (AvgIpc) is 2.88. The van der Waals surface area contributed by atoms with E-state index >= 15 is 0 Å². The van der Waals surface area contributed by atoms with Crippen molar-refractivity contribution >= 4 is 18.9 Å². The molecule has 0 aliphatic heterocycles. The highest BCUT2D eigenvalue weighted by molar-refractivity contribution is 5.57. The first-order valence-electron chi connectivity index (χ1n) is 9.39. The van der Waals surface area contributed by atoms with Gasteiger partial charge < -0.3 is 85.9 Å². The zero-order valence-electron chi connectivity index (χ0n) is 17.7. The highest BCUT2D eigenvalue weighted by atomic mass is 16.4. The van der Waals surface area contributed by atoms with E-state index in [0.717, 1.165) is 0 Å². The lowest BCUT2D eigenvalue weighted by Gasteiger charge is -2.22. The summed E-state index contributed by atoms with van der Waals surface area (Å²) in [7, 11) is 0. The zero-order chi connectivity index (χ0) is 27.6. The van der Waals surface area contributed by atoms with Crippen molar-refractivity contribution in [2.75, 3.05) is 19.8 Å². The third kappa shape index (κ3) is 14.7. The molecule has 0 saturated heterocycles. The highest BCUT2D eigenvalue weighted by Crippen LogP contribution is 2.04. The number of aldehydes is 3. The van der Waals surface area contributed by atoms with Crippen molar-refractivity contribution in [1.29, 1.82) is 0 Å². The predicted octanol–water partition coefficient (Wildman–Crippen LogP) is -9.50. The highest BCUT2D eigenvalue weighted by Gasteiger charge is 2.30. The third-order valence-electron chi connectivity index (χ3n) is 3.91. The molecule has 0 unspecified atom stereocenters. The second kappa shape index (κ2) is 20.8. The second-order valence-corrected chi connectivity index (χ2v) is 6.58. The van der Waals surface area contributed by atoms with Crippen molar-refractivity contribution < 1.29 is 85.9 Å². The fourth-order valence-corrected chi connectivity index (χ4v) is 1.65. The van der Waals surface area contributed by atoms with Gasteiger partial charge in [-0.05, 0) is 0 Å². The summed E-state index contributed by atoms with van der Waals surface area (Å²) in [4.78, 5) is 29.6. The van der Waals surface area contributed by atoms with E-state index in [0.29, 0.717) is 0 Å². The fourth-order valence-electron chi connectivity index (χ4n) is 1.65. The summed E-state index contributed by atoms with van der Waals surface area (Å²) in [6.07, 6.45) is -18.3. The molecule has 14 N–H and O–H groups in total. The second-order valence-electron chi connectivity index (χ2n) is 6.58. The Balaban J connectivity index is -0.000000426. The number of aliphatic hydroxyl groups is 14. The molecule has 11 atom stereocenters. The van der Waals surface area contributed by atoms with Crippen molar-refractivity contribution in [3.8, 4) is 0 Å². The Morgan fingerprint density at radius 1 is 0.382 bits per heavy atom. The van der Waals surface area contributed by atoms with Gasteiger partial charge >= 0.3 is 0 Å². The molecule has 0 aromatic heterocycles. The molecular weight excluding hydrogens is 476 g/mol. The molecule has 0 aromatic carbocycles. The summed E-state index contributed by atoms with van der Waals surface area (Å²) in [5, 5.41) is 121. The van der Waals surface area contributed by atoms with E-state index < -0.39 is 87.0 Å². The Morgan fingerprint density at radius 3 is 0.794 bits per heavy atom.